The molecule has 0 unspecified atom stereocenters. The molecule has 0 saturated carbocycles. The minimum absolute atomic E-state index is 0.263. The van der Waals surface area contributed by atoms with Crippen LogP contribution in [0.25, 0.3) is 0 Å². The number of ether oxygens (including phenoxy) is 1. The lowest BCUT2D eigenvalue weighted by Gasteiger charge is -1.88. The highest BCUT2D eigenvalue weighted by molar-refractivity contribution is 9.12. The summed E-state index contributed by atoms with van der Waals surface area (Å²) in [6.45, 7) is 0.263. The summed E-state index contributed by atoms with van der Waals surface area (Å²) in [5.74, 6) is 5.54. The maximum Gasteiger partial charge on any atom is 0.346 e. The Morgan fingerprint density at radius 1 is 1.20 bits per heavy atom. The summed E-state index contributed by atoms with van der Waals surface area (Å²) in [7, 11) is 0. The maximum absolute atomic E-state index is 11.0. The molecule has 3 heteroatoms. The van der Waals surface area contributed by atoms with E-state index in [1.165, 1.54) is 0 Å². The predicted octanol–water partition coefficient (Wildman–Crippen LogP) is 2.24. The topological polar surface area (TPSA) is 26.3 Å². The summed E-state index contributed by atoms with van der Waals surface area (Å²) >= 11 is 3.15. The second kappa shape index (κ2) is 4.33. The molecule has 1 aliphatic heterocycles. The van der Waals surface area contributed by atoms with E-state index in [-0.39, 0.29) is 12.6 Å². The fourth-order valence-electron chi connectivity index (χ4n) is 1.15. The smallest absolute Gasteiger partial charge is 0.346 e. The molecule has 0 fully saturated rings. The van der Waals surface area contributed by atoms with Crippen LogP contribution in [-0.2, 0) is 9.53 Å². The number of carbonyl (C=O) groups is 1. The third kappa shape index (κ3) is 2.28. The Kier molecular flexibility index (Phi) is 2.89. The molecule has 0 bridgehead atoms. The van der Waals surface area contributed by atoms with Gasteiger partial charge in [-0.05, 0) is 28.1 Å². The number of carbonyl (C=O) groups excluding carboxylic acids is 1. The van der Waals surface area contributed by atoms with Crippen LogP contribution in [0, 0.1) is 11.8 Å². The Morgan fingerprint density at radius 3 is 2.53 bits per heavy atom. The summed E-state index contributed by atoms with van der Waals surface area (Å²) < 4.78 is 5.24. The molecule has 0 radical (unpaired) electrons. The fraction of sp³-hybridized carbons (Fsp3) is 0.0833. The molecule has 1 aliphatic rings. The lowest BCUT2D eigenvalue weighted by molar-refractivity contribution is -0.135. The minimum Gasteiger partial charge on any atom is -0.456 e. The third-order valence-corrected chi connectivity index (χ3v) is 2.73. The van der Waals surface area contributed by atoms with Gasteiger partial charge in [0.2, 0.25) is 0 Å². The molecule has 0 aliphatic carbocycles. The second-order valence-corrected chi connectivity index (χ2v) is 3.78. The van der Waals surface area contributed by atoms with E-state index in [2.05, 4.69) is 27.8 Å². The summed E-state index contributed by atoms with van der Waals surface area (Å²) in [5.41, 5.74) is 1.62. The van der Waals surface area contributed by atoms with Crippen molar-refractivity contribution >= 4 is 21.9 Å². The molecule has 0 amide bonds. The standard InChI is InChI=1S/C12H7BrO2/c13-11-10(8-15-12(11)14)7-6-9-4-2-1-3-5-9/h1-5H,8H2. The van der Waals surface area contributed by atoms with Crippen LogP contribution in [0.2, 0.25) is 0 Å². The first kappa shape index (κ1) is 10.0. The quantitative estimate of drug-likeness (QED) is 0.530. The van der Waals surface area contributed by atoms with Gasteiger partial charge in [-0.15, -0.1) is 0 Å². The molecule has 0 saturated heterocycles. The van der Waals surface area contributed by atoms with Gasteiger partial charge in [0.25, 0.3) is 0 Å². The van der Waals surface area contributed by atoms with Crippen LogP contribution < -0.4 is 0 Å². The number of hydrogen-bond donors (Lipinski definition) is 0. The zero-order valence-corrected chi connectivity index (χ0v) is 9.37. The SMILES string of the molecule is O=C1OCC(C#Cc2ccccc2)=C1Br. The second-order valence-electron chi connectivity index (χ2n) is 2.98. The van der Waals surface area contributed by atoms with Crippen molar-refractivity contribution in [3.63, 3.8) is 0 Å². The number of esters is 1. The highest BCUT2D eigenvalue weighted by atomic mass is 79.9. The van der Waals surface area contributed by atoms with E-state index in [0.29, 0.717) is 10.1 Å². The Hall–Kier alpha value is -1.53. The Bertz CT molecular complexity index is 477. The minimum atomic E-state index is -0.340. The van der Waals surface area contributed by atoms with Crippen LogP contribution >= 0.6 is 15.9 Å². The van der Waals surface area contributed by atoms with Crippen molar-refractivity contribution in [2.75, 3.05) is 6.61 Å². The lowest BCUT2D eigenvalue weighted by atomic mass is 10.2. The van der Waals surface area contributed by atoms with E-state index in [1.807, 2.05) is 30.3 Å². The highest BCUT2D eigenvalue weighted by Gasteiger charge is 2.20. The zero-order valence-electron chi connectivity index (χ0n) is 7.79. The monoisotopic (exact) mass is 262 g/mol. The molecule has 2 nitrogen and oxygen atoms in total. The van der Waals surface area contributed by atoms with Gasteiger partial charge in [-0.3, -0.25) is 0 Å². The van der Waals surface area contributed by atoms with Crippen LogP contribution in [0.15, 0.2) is 40.4 Å². The summed E-state index contributed by atoms with van der Waals surface area (Å²) in [5, 5.41) is 0. The first-order chi connectivity index (χ1) is 7.27. The van der Waals surface area contributed by atoms with Crippen LogP contribution in [0.5, 0.6) is 0 Å². The number of hydrogen-bond acceptors (Lipinski definition) is 2. The van der Waals surface area contributed by atoms with E-state index < -0.39 is 0 Å². The molecule has 2 rings (SSSR count). The average molecular weight is 263 g/mol. The van der Waals surface area contributed by atoms with Crippen LogP contribution in [0.4, 0.5) is 0 Å². The molecule has 1 heterocycles. The zero-order chi connectivity index (χ0) is 10.7. The van der Waals surface area contributed by atoms with Crippen molar-refractivity contribution in [1.29, 1.82) is 0 Å². The average Bonchev–Trinajstić information content (AvgIpc) is 2.59. The first-order valence-electron chi connectivity index (χ1n) is 4.40. The maximum atomic E-state index is 11.0. The van der Waals surface area contributed by atoms with E-state index >= 15 is 0 Å². The van der Waals surface area contributed by atoms with E-state index in [1.54, 1.807) is 0 Å². The third-order valence-electron chi connectivity index (χ3n) is 1.92. The van der Waals surface area contributed by atoms with Crippen LogP contribution in [0.1, 0.15) is 5.56 Å². The Labute approximate surface area is 96.1 Å². The number of halogens is 1. The molecule has 0 aromatic heterocycles. The summed E-state index contributed by atoms with van der Waals surface area (Å²) in [6, 6.07) is 9.61. The van der Waals surface area contributed by atoms with E-state index in [9.17, 15) is 4.79 Å². The van der Waals surface area contributed by atoms with Crippen LogP contribution in [-0.4, -0.2) is 12.6 Å². The highest BCUT2D eigenvalue weighted by Crippen LogP contribution is 2.20. The van der Waals surface area contributed by atoms with Gasteiger partial charge in [-0.2, -0.15) is 0 Å². The van der Waals surface area contributed by atoms with E-state index in [4.69, 9.17) is 4.74 Å². The van der Waals surface area contributed by atoms with Gasteiger partial charge in [-0.25, -0.2) is 4.79 Å². The van der Waals surface area contributed by atoms with Crippen molar-refractivity contribution in [2.24, 2.45) is 0 Å². The van der Waals surface area contributed by atoms with Gasteiger partial charge in [0.15, 0.2) is 0 Å². The van der Waals surface area contributed by atoms with Crippen molar-refractivity contribution in [3.8, 4) is 11.8 Å². The van der Waals surface area contributed by atoms with Crippen LogP contribution in [0.3, 0.4) is 0 Å². The molecular weight excluding hydrogens is 256 g/mol. The molecular formula is C12H7BrO2. The van der Waals surface area contributed by atoms with Gasteiger partial charge in [0.1, 0.15) is 11.1 Å². The normalized spacial score (nSPS) is 14.6. The van der Waals surface area contributed by atoms with Crippen molar-refractivity contribution in [3.05, 3.63) is 46.0 Å². The van der Waals surface area contributed by atoms with Gasteiger partial charge in [0.05, 0.1) is 5.57 Å². The number of rotatable bonds is 0. The first-order valence-corrected chi connectivity index (χ1v) is 5.19. The van der Waals surface area contributed by atoms with Gasteiger partial charge >= 0.3 is 5.97 Å². The van der Waals surface area contributed by atoms with Gasteiger partial charge < -0.3 is 4.74 Å². The fourth-order valence-corrected chi connectivity index (χ4v) is 1.48. The van der Waals surface area contributed by atoms with Crippen molar-refractivity contribution < 1.29 is 9.53 Å². The molecule has 0 N–H and O–H groups in total. The van der Waals surface area contributed by atoms with Crippen molar-refractivity contribution in [1.82, 2.24) is 0 Å². The molecule has 0 spiro atoms. The Balaban J connectivity index is 2.24. The molecule has 74 valence electrons. The van der Waals surface area contributed by atoms with E-state index in [0.717, 1.165) is 5.56 Å². The molecule has 0 atom stereocenters. The molecule has 1 aromatic rings. The van der Waals surface area contributed by atoms with Crippen molar-refractivity contribution in [2.45, 2.75) is 0 Å². The predicted molar refractivity (Wildman–Crippen MR) is 60.2 cm³/mol. The largest absolute Gasteiger partial charge is 0.456 e. The Morgan fingerprint density at radius 2 is 1.93 bits per heavy atom. The number of cyclic esters (lactones) is 1. The van der Waals surface area contributed by atoms with Gasteiger partial charge in [0, 0.05) is 5.56 Å². The summed E-state index contributed by atoms with van der Waals surface area (Å²) in [6.07, 6.45) is 0. The lowest BCUT2D eigenvalue weighted by Crippen LogP contribution is -1.93. The molecule has 15 heavy (non-hydrogen) atoms. The summed E-state index contributed by atoms with van der Waals surface area (Å²) in [4.78, 5) is 11.0. The number of benzene rings is 1. The molecule has 1 aromatic carbocycles. The van der Waals surface area contributed by atoms with Gasteiger partial charge in [-0.1, -0.05) is 30.0 Å².